The Morgan fingerprint density at radius 2 is 2.47 bits per heavy atom. The summed E-state index contributed by atoms with van der Waals surface area (Å²) in [6.07, 6.45) is 0. The van der Waals surface area contributed by atoms with Gasteiger partial charge in [0.15, 0.2) is 0 Å². The van der Waals surface area contributed by atoms with Gasteiger partial charge in [-0.1, -0.05) is 6.07 Å². The molecule has 0 radical (unpaired) electrons. The van der Waals surface area contributed by atoms with Gasteiger partial charge < -0.3 is 10.1 Å². The first-order valence-electron chi connectivity index (χ1n) is 4.96. The minimum atomic E-state index is -0.101. The highest BCUT2D eigenvalue weighted by Gasteiger charge is 2.22. The number of urea groups is 1. The van der Waals surface area contributed by atoms with Crippen molar-refractivity contribution in [3.8, 4) is 5.88 Å². The molecule has 2 amide bonds. The van der Waals surface area contributed by atoms with E-state index in [1.807, 2.05) is 13.0 Å². The Morgan fingerprint density at radius 3 is 3.13 bits per heavy atom. The molecular weight excluding hydrogens is 194 g/mol. The van der Waals surface area contributed by atoms with E-state index in [0.29, 0.717) is 31.4 Å². The number of hydrogen-bond acceptors (Lipinski definition) is 3. The van der Waals surface area contributed by atoms with Crippen LogP contribution < -0.4 is 15.0 Å². The fourth-order valence-electron chi connectivity index (χ4n) is 1.47. The van der Waals surface area contributed by atoms with Crippen molar-refractivity contribution in [1.82, 2.24) is 10.3 Å². The first kappa shape index (κ1) is 9.76. The Hall–Kier alpha value is -1.78. The van der Waals surface area contributed by atoms with Gasteiger partial charge in [-0.25, -0.2) is 4.79 Å². The van der Waals surface area contributed by atoms with E-state index in [4.69, 9.17) is 4.74 Å². The maximum atomic E-state index is 11.4. The van der Waals surface area contributed by atoms with Crippen molar-refractivity contribution in [2.24, 2.45) is 0 Å². The molecule has 0 spiro atoms. The highest BCUT2D eigenvalue weighted by atomic mass is 16.5. The molecule has 1 aliphatic heterocycles. The maximum Gasteiger partial charge on any atom is 0.323 e. The monoisotopic (exact) mass is 207 g/mol. The van der Waals surface area contributed by atoms with E-state index in [2.05, 4.69) is 10.3 Å². The first-order valence-corrected chi connectivity index (χ1v) is 4.96. The number of hydrogen-bond donors (Lipinski definition) is 1. The van der Waals surface area contributed by atoms with Gasteiger partial charge in [0.05, 0.1) is 6.61 Å². The predicted molar refractivity (Wildman–Crippen MR) is 56.2 cm³/mol. The lowest BCUT2D eigenvalue weighted by Gasteiger charge is -2.13. The van der Waals surface area contributed by atoms with Gasteiger partial charge in [0.2, 0.25) is 5.88 Å². The molecule has 1 N–H and O–H groups in total. The summed E-state index contributed by atoms with van der Waals surface area (Å²) in [5.74, 6) is 1.19. The number of carbonyl (C=O) groups excluding carboxylic acids is 1. The lowest BCUT2D eigenvalue weighted by molar-refractivity contribution is 0.252. The number of carbonyl (C=O) groups is 1. The van der Waals surface area contributed by atoms with Gasteiger partial charge in [-0.3, -0.25) is 4.90 Å². The quantitative estimate of drug-likeness (QED) is 0.804. The van der Waals surface area contributed by atoms with Crippen LogP contribution in [0.2, 0.25) is 0 Å². The van der Waals surface area contributed by atoms with E-state index in [1.165, 1.54) is 0 Å². The molecule has 0 unspecified atom stereocenters. The molecule has 1 aromatic heterocycles. The highest BCUT2D eigenvalue weighted by molar-refractivity contribution is 5.93. The molecular formula is C10H13N3O2. The van der Waals surface area contributed by atoms with Crippen molar-refractivity contribution < 1.29 is 9.53 Å². The lowest BCUT2D eigenvalue weighted by atomic mass is 10.4. The molecule has 0 saturated carbocycles. The summed E-state index contributed by atoms with van der Waals surface area (Å²) < 4.78 is 5.27. The average Bonchev–Trinajstić information content (AvgIpc) is 2.65. The number of rotatable bonds is 3. The number of nitrogens with zero attached hydrogens (tertiary/aromatic N) is 2. The molecule has 2 rings (SSSR count). The van der Waals surface area contributed by atoms with Crippen LogP contribution in [-0.4, -0.2) is 30.7 Å². The van der Waals surface area contributed by atoms with Crippen LogP contribution >= 0.6 is 0 Å². The fraction of sp³-hybridized carbons (Fsp3) is 0.400. The zero-order chi connectivity index (χ0) is 10.7. The number of aromatic nitrogens is 1. The molecule has 5 heteroatoms. The Labute approximate surface area is 88.1 Å². The van der Waals surface area contributed by atoms with E-state index in [0.717, 1.165) is 0 Å². The third kappa shape index (κ3) is 2.01. The predicted octanol–water partition coefficient (Wildman–Crippen LogP) is 1.01. The van der Waals surface area contributed by atoms with Gasteiger partial charge in [-0.15, -0.1) is 0 Å². The fourth-order valence-corrected chi connectivity index (χ4v) is 1.47. The molecule has 0 aliphatic carbocycles. The molecule has 0 atom stereocenters. The molecule has 1 saturated heterocycles. The average molecular weight is 207 g/mol. The van der Waals surface area contributed by atoms with Crippen LogP contribution in [0, 0.1) is 0 Å². The minimum absolute atomic E-state index is 0.101. The van der Waals surface area contributed by atoms with Gasteiger partial charge >= 0.3 is 6.03 Å². The summed E-state index contributed by atoms with van der Waals surface area (Å²) in [4.78, 5) is 17.2. The summed E-state index contributed by atoms with van der Waals surface area (Å²) in [5.41, 5.74) is 0. The van der Waals surface area contributed by atoms with Crippen LogP contribution in [0.15, 0.2) is 18.2 Å². The van der Waals surface area contributed by atoms with Gasteiger partial charge in [0.1, 0.15) is 5.82 Å². The van der Waals surface area contributed by atoms with E-state index in [-0.39, 0.29) is 6.03 Å². The van der Waals surface area contributed by atoms with E-state index >= 15 is 0 Å². The smallest absolute Gasteiger partial charge is 0.323 e. The molecule has 2 heterocycles. The van der Waals surface area contributed by atoms with Crippen LogP contribution in [0.1, 0.15) is 6.92 Å². The van der Waals surface area contributed by atoms with Crippen molar-refractivity contribution in [3.05, 3.63) is 18.2 Å². The number of anilines is 1. The third-order valence-electron chi connectivity index (χ3n) is 2.13. The summed E-state index contributed by atoms with van der Waals surface area (Å²) >= 11 is 0. The SMILES string of the molecule is CCOc1cccc(N2CCNC2=O)n1. The maximum absolute atomic E-state index is 11.4. The van der Waals surface area contributed by atoms with Gasteiger partial charge in [-0.2, -0.15) is 4.98 Å². The molecule has 80 valence electrons. The van der Waals surface area contributed by atoms with Gasteiger partial charge in [-0.05, 0) is 13.0 Å². The second-order valence-electron chi connectivity index (χ2n) is 3.15. The molecule has 1 aliphatic rings. The van der Waals surface area contributed by atoms with E-state index in [1.54, 1.807) is 17.0 Å². The summed E-state index contributed by atoms with van der Waals surface area (Å²) in [6.45, 7) is 3.79. The van der Waals surface area contributed by atoms with Crippen LogP contribution in [0.5, 0.6) is 5.88 Å². The summed E-state index contributed by atoms with van der Waals surface area (Å²) in [7, 11) is 0. The normalized spacial score (nSPS) is 15.3. The third-order valence-corrected chi connectivity index (χ3v) is 2.13. The van der Waals surface area contributed by atoms with Crippen molar-refractivity contribution in [3.63, 3.8) is 0 Å². The lowest BCUT2D eigenvalue weighted by Crippen LogP contribution is -2.28. The van der Waals surface area contributed by atoms with Crippen LogP contribution in [0.3, 0.4) is 0 Å². The Balaban J connectivity index is 2.20. The molecule has 15 heavy (non-hydrogen) atoms. The molecule has 1 fully saturated rings. The van der Waals surface area contributed by atoms with E-state index < -0.39 is 0 Å². The Kier molecular flexibility index (Phi) is 2.71. The second-order valence-corrected chi connectivity index (χ2v) is 3.15. The number of ether oxygens (including phenoxy) is 1. The summed E-state index contributed by atoms with van der Waals surface area (Å²) in [5, 5.41) is 2.73. The standard InChI is InChI=1S/C10H13N3O2/c1-2-15-9-5-3-4-8(12-9)13-7-6-11-10(13)14/h3-5H,2,6-7H2,1H3,(H,11,14). The zero-order valence-electron chi connectivity index (χ0n) is 8.56. The number of pyridine rings is 1. The Morgan fingerprint density at radius 1 is 1.60 bits per heavy atom. The number of amides is 2. The zero-order valence-corrected chi connectivity index (χ0v) is 8.56. The van der Waals surface area contributed by atoms with Crippen LogP contribution in [0.25, 0.3) is 0 Å². The van der Waals surface area contributed by atoms with Crippen molar-refractivity contribution >= 4 is 11.8 Å². The molecule has 0 bridgehead atoms. The van der Waals surface area contributed by atoms with Gasteiger partial charge in [0.25, 0.3) is 0 Å². The largest absolute Gasteiger partial charge is 0.478 e. The van der Waals surface area contributed by atoms with Crippen molar-refractivity contribution in [2.75, 3.05) is 24.6 Å². The Bertz CT molecular complexity index is 367. The van der Waals surface area contributed by atoms with Crippen LogP contribution in [0.4, 0.5) is 10.6 Å². The number of nitrogens with one attached hydrogen (secondary N) is 1. The molecule has 0 aromatic carbocycles. The second kappa shape index (κ2) is 4.16. The van der Waals surface area contributed by atoms with Gasteiger partial charge in [0, 0.05) is 19.2 Å². The molecule has 1 aromatic rings. The highest BCUT2D eigenvalue weighted by Crippen LogP contribution is 2.17. The topological polar surface area (TPSA) is 54.5 Å². The summed E-state index contributed by atoms with van der Waals surface area (Å²) in [6, 6.07) is 5.31. The van der Waals surface area contributed by atoms with Crippen molar-refractivity contribution in [2.45, 2.75) is 6.92 Å². The van der Waals surface area contributed by atoms with Crippen LogP contribution in [-0.2, 0) is 0 Å². The van der Waals surface area contributed by atoms with Crippen molar-refractivity contribution in [1.29, 1.82) is 0 Å². The van der Waals surface area contributed by atoms with E-state index in [9.17, 15) is 4.79 Å². The first-order chi connectivity index (χ1) is 7.31. The minimum Gasteiger partial charge on any atom is -0.478 e. The molecule has 5 nitrogen and oxygen atoms in total.